The predicted octanol–water partition coefficient (Wildman–Crippen LogP) is 4.07. The van der Waals surface area contributed by atoms with Gasteiger partial charge in [-0.05, 0) is 42.7 Å². The van der Waals surface area contributed by atoms with E-state index in [1.807, 2.05) is 0 Å². The molecule has 0 heterocycles. The zero-order chi connectivity index (χ0) is 11.7. The van der Waals surface area contributed by atoms with Crippen LogP contribution in [0.1, 0.15) is 68.4 Å². The molecule has 0 saturated heterocycles. The molecule has 0 aromatic heterocycles. The molecule has 0 atom stereocenters. The Balaban J connectivity index is 1.86. The summed E-state index contributed by atoms with van der Waals surface area (Å²) in [5.41, 5.74) is 9.50. The fourth-order valence-corrected chi connectivity index (χ4v) is 3.32. The van der Waals surface area contributed by atoms with Crippen LogP contribution in [0.3, 0.4) is 0 Å². The molecule has 2 aliphatic carbocycles. The van der Waals surface area contributed by atoms with Gasteiger partial charge in [-0.2, -0.15) is 0 Å². The fraction of sp³-hybridized carbons (Fsp3) is 0.625. The second kappa shape index (κ2) is 4.45. The Labute approximate surface area is 104 Å². The van der Waals surface area contributed by atoms with Gasteiger partial charge in [0.25, 0.3) is 0 Å². The van der Waals surface area contributed by atoms with Crippen molar-refractivity contribution >= 4 is 0 Å². The number of nitrogens with two attached hydrogens (primary N) is 1. The summed E-state index contributed by atoms with van der Waals surface area (Å²) in [7, 11) is 0. The van der Waals surface area contributed by atoms with Crippen LogP contribution in [0.15, 0.2) is 24.3 Å². The zero-order valence-corrected chi connectivity index (χ0v) is 10.6. The molecule has 0 radical (unpaired) electrons. The van der Waals surface area contributed by atoms with Gasteiger partial charge < -0.3 is 5.73 Å². The maximum atomic E-state index is 6.61. The van der Waals surface area contributed by atoms with Gasteiger partial charge in [-0.3, -0.25) is 0 Å². The van der Waals surface area contributed by atoms with Crippen molar-refractivity contribution in [3.8, 4) is 0 Å². The average Bonchev–Trinajstić information content (AvgIpc) is 2.28. The van der Waals surface area contributed by atoms with Crippen LogP contribution in [0, 0.1) is 0 Å². The van der Waals surface area contributed by atoms with Crippen LogP contribution in [0.2, 0.25) is 0 Å². The van der Waals surface area contributed by atoms with Gasteiger partial charge in [-0.1, -0.05) is 49.9 Å². The van der Waals surface area contributed by atoms with Gasteiger partial charge in [-0.15, -0.1) is 0 Å². The van der Waals surface area contributed by atoms with Gasteiger partial charge in [0.1, 0.15) is 0 Å². The lowest BCUT2D eigenvalue weighted by molar-refractivity contribution is 0.301. The quantitative estimate of drug-likeness (QED) is 0.812. The Kier molecular flexibility index (Phi) is 2.96. The van der Waals surface area contributed by atoms with E-state index in [0.717, 1.165) is 5.92 Å². The number of hydrogen-bond acceptors (Lipinski definition) is 1. The van der Waals surface area contributed by atoms with Crippen molar-refractivity contribution in [1.82, 2.24) is 0 Å². The third kappa shape index (κ3) is 2.13. The van der Waals surface area contributed by atoms with Crippen molar-refractivity contribution in [3.63, 3.8) is 0 Å². The summed E-state index contributed by atoms with van der Waals surface area (Å²) in [4.78, 5) is 0. The third-order valence-electron chi connectivity index (χ3n) is 4.78. The largest absolute Gasteiger partial charge is 0.321 e. The summed E-state index contributed by atoms with van der Waals surface area (Å²) in [6.07, 6.45) is 10.4. The van der Waals surface area contributed by atoms with Gasteiger partial charge >= 0.3 is 0 Å². The molecular weight excluding hydrogens is 206 g/mol. The highest BCUT2D eigenvalue weighted by Gasteiger charge is 2.30. The van der Waals surface area contributed by atoms with Crippen molar-refractivity contribution in [3.05, 3.63) is 35.4 Å². The van der Waals surface area contributed by atoms with E-state index >= 15 is 0 Å². The van der Waals surface area contributed by atoms with E-state index in [1.54, 1.807) is 0 Å². The monoisotopic (exact) mass is 229 g/mol. The molecule has 1 nitrogen and oxygen atoms in total. The Hall–Kier alpha value is -0.820. The smallest absolute Gasteiger partial charge is 0.0409 e. The third-order valence-corrected chi connectivity index (χ3v) is 4.78. The average molecular weight is 229 g/mol. The van der Waals surface area contributed by atoms with Crippen molar-refractivity contribution in [2.24, 2.45) is 5.73 Å². The second-order valence-electron chi connectivity index (χ2n) is 5.97. The maximum absolute atomic E-state index is 6.61. The Morgan fingerprint density at radius 3 is 2.41 bits per heavy atom. The van der Waals surface area contributed by atoms with Crippen molar-refractivity contribution in [2.75, 3.05) is 0 Å². The lowest BCUT2D eigenvalue weighted by atomic mass is 9.74. The lowest BCUT2D eigenvalue weighted by Crippen LogP contribution is -2.38. The van der Waals surface area contributed by atoms with Crippen LogP contribution in [0.25, 0.3) is 0 Å². The van der Waals surface area contributed by atoms with E-state index < -0.39 is 0 Å². The Morgan fingerprint density at radius 1 is 1.00 bits per heavy atom. The number of hydrogen-bond donors (Lipinski definition) is 1. The second-order valence-corrected chi connectivity index (χ2v) is 5.97. The predicted molar refractivity (Wildman–Crippen MR) is 72.0 cm³/mol. The highest BCUT2D eigenvalue weighted by atomic mass is 14.7. The van der Waals surface area contributed by atoms with E-state index in [9.17, 15) is 0 Å². The minimum atomic E-state index is -0.0298. The standard InChI is InChI=1S/C16H23N/c17-16(10-2-1-3-11-16)15-9-5-8-14(12-15)13-6-4-7-13/h5,8-9,12-13H,1-4,6-7,10-11,17H2. The maximum Gasteiger partial charge on any atom is 0.0409 e. The van der Waals surface area contributed by atoms with Crippen LogP contribution < -0.4 is 5.73 Å². The first-order chi connectivity index (χ1) is 8.28. The van der Waals surface area contributed by atoms with Crippen molar-refractivity contribution < 1.29 is 0 Å². The summed E-state index contributed by atoms with van der Waals surface area (Å²) < 4.78 is 0. The van der Waals surface area contributed by atoms with Gasteiger partial charge in [0.15, 0.2) is 0 Å². The lowest BCUT2D eigenvalue weighted by Gasteiger charge is -2.35. The van der Waals surface area contributed by atoms with Crippen LogP contribution in [0.4, 0.5) is 0 Å². The van der Waals surface area contributed by atoms with E-state index in [0.29, 0.717) is 0 Å². The first kappa shape index (κ1) is 11.3. The van der Waals surface area contributed by atoms with Crippen LogP contribution in [-0.4, -0.2) is 0 Å². The molecule has 0 spiro atoms. The van der Waals surface area contributed by atoms with E-state index in [1.165, 1.54) is 62.5 Å². The normalized spacial score (nSPS) is 24.3. The highest BCUT2D eigenvalue weighted by Crippen LogP contribution is 2.39. The molecular formula is C16H23N. The molecule has 2 aliphatic rings. The Bertz CT molecular complexity index is 386. The Morgan fingerprint density at radius 2 is 1.76 bits per heavy atom. The van der Waals surface area contributed by atoms with Crippen LogP contribution in [0.5, 0.6) is 0 Å². The SMILES string of the molecule is NC1(c2cccc(C3CCC3)c2)CCCCC1. The van der Waals surface area contributed by atoms with Crippen molar-refractivity contribution in [1.29, 1.82) is 0 Å². The molecule has 0 amide bonds. The van der Waals surface area contributed by atoms with Crippen LogP contribution >= 0.6 is 0 Å². The first-order valence-electron chi connectivity index (χ1n) is 7.17. The summed E-state index contributed by atoms with van der Waals surface area (Å²) in [6.45, 7) is 0. The minimum Gasteiger partial charge on any atom is -0.321 e. The molecule has 1 aromatic carbocycles. The molecule has 0 unspecified atom stereocenters. The fourth-order valence-electron chi connectivity index (χ4n) is 3.32. The molecule has 1 aromatic rings. The molecule has 17 heavy (non-hydrogen) atoms. The highest BCUT2D eigenvalue weighted by molar-refractivity contribution is 5.32. The summed E-state index contributed by atoms with van der Waals surface area (Å²) in [6, 6.07) is 9.15. The van der Waals surface area contributed by atoms with Gasteiger partial charge in [0, 0.05) is 5.54 Å². The van der Waals surface area contributed by atoms with Crippen molar-refractivity contribution in [2.45, 2.75) is 62.8 Å². The molecule has 1 heteroatoms. The minimum absolute atomic E-state index is 0.0298. The summed E-state index contributed by atoms with van der Waals surface area (Å²) in [5.74, 6) is 0.821. The van der Waals surface area contributed by atoms with E-state index in [-0.39, 0.29) is 5.54 Å². The molecule has 2 saturated carbocycles. The van der Waals surface area contributed by atoms with Gasteiger partial charge in [0.05, 0.1) is 0 Å². The van der Waals surface area contributed by atoms with E-state index in [4.69, 9.17) is 5.73 Å². The zero-order valence-electron chi connectivity index (χ0n) is 10.6. The summed E-state index contributed by atoms with van der Waals surface area (Å²) >= 11 is 0. The first-order valence-corrected chi connectivity index (χ1v) is 7.17. The van der Waals surface area contributed by atoms with Crippen LogP contribution in [-0.2, 0) is 5.54 Å². The van der Waals surface area contributed by atoms with E-state index in [2.05, 4.69) is 24.3 Å². The van der Waals surface area contributed by atoms with Gasteiger partial charge in [-0.25, -0.2) is 0 Å². The topological polar surface area (TPSA) is 26.0 Å². The molecule has 3 rings (SSSR count). The number of benzene rings is 1. The summed E-state index contributed by atoms with van der Waals surface area (Å²) in [5, 5.41) is 0. The molecule has 2 N–H and O–H groups in total. The molecule has 2 fully saturated rings. The molecule has 0 bridgehead atoms. The molecule has 92 valence electrons. The number of rotatable bonds is 2. The molecule has 0 aliphatic heterocycles. The van der Waals surface area contributed by atoms with Gasteiger partial charge in [0.2, 0.25) is 0 Å².